The maximum absolute atomic E-state index is 13.0. The molecule has 0 aliphatic heterocycles. The Hall–Kier alpha value is -4.20. The van der Waals surface area contributed by atoms with Crippen LogP contribution < -0.4 is 10.6 Å². The first kappa shape index (κ1) is 25.9. The van der Waals surface area contributed by atoms with Gasteiger partial charge in [0.25, 0.3) is 0 Å². The van der Waals surface area contributed by atoms with Crippen LogP contribution in [0.3, 0.4) is 0 Å². The minimum Gasteiger partial charge on any atom is -0.380 e. The molecule has 0 bridgehead atoms. The number of pyridine rings is 1. The highest BCUT2D eigenvalue weighted by Gasteiger charge is 2.34. The van der Waals surface area contributed by atoms with Gasteiger partial charge < -0.3 is 15.4 Å². The van der Waals surface area contributed by atoms with Gasteiger partial charge in [0, 0.05) is 36.3 Å². The number of anilines is 1. The zero-order chi connectivity index (χ0) is 26.8. The Balaban J connectivity index is 1.66. The zero-order valence-electron chi connectivity index (χ0n) is 19.0. The number of carbonyl (C=O) groups is 1. The van der Waals surface area contributed by atoms with Crippen molar-refractivity contribution in [1.82, 2.24) is 24.7 Å². The number of hydrogen-bond acceptors (Lipinski definition) is 5. The molecule has 0 saturated carbocycles. The Morgan fingerprint density at radius 2 is 1.81 bits per heavy atom. The van der Waals surface area contributed by atoms with Gasteiger partial charge in [-0.15, -0.1) is 0 Å². The van der Waals surface area contributed by atoms with E-state index in [1.165, 1.54) is 19.4 Å². The number of rotatable bonds is 6. The van der Waals surface area contributed by atoms with Crippen molar-refractivity contribution in [3.63, 3.8) is 0 Å². The number of imidazole rings is 1. The van der Waals surface area contributed by atoms with E-state index in [2.05, 4.69) is 20.3 Å². The first-order chi connectivity index (χ1) is 17.4. The lowest BCUT2D eigenvalue weighted by molar-refractivity contribution is -0.144. The van der Waals surface area contributed by atoms with E-state index in [0.717, 1.165) is 6.20 Å². The minimum atomic E-state index is -4.69. The van der Waals surface area contributed by atoms with Crippen LogP contribution in [0.5, 0.6) is 0 Å². The number of aromatic nitrogens is 4. The number of urea groups is 1. The van der Waals surface area contributed by atoms with Gasteiger partial charge in [-0.05, 0) is 42.0 Å². The summed E-state index contributed by atoms with van der Waals surface area (Å²) in [6.07, 6.45) is -5.12. The van der Waals surface area contributed by atoms with Crippen LogP contribution in [0.15, 0.2) is 55.0 Å². The first-order valence-corrected chi connectivity index (χ1v) is 10.6. The van der Waals surface area contributed by atoms with Gasteiger partial charge in [-0.2, -0.15) is 26.3 Å². The maximum atomic E-state index is 13.0. The summed E-state index contributed by atoms with van der Waals surface area (Å²) < 4.78 is 83.0. The summed E-state index contributed by atoms with van der Waals surface area (Å²) in [5, 5.41) is 4.11. The molecule has 3 aromatic heterocycles. The van der Waals surface area contributed by atoms with Crippen LogP contribution in [0.1, 0.15) is 11.4 Å². The van der Waals surface area contributed by atoms with Gasteiger partial charge in [-0.3, -0.25) is 4.40 Å². The van der Waals surface area contributed by atoms with Crippen molar-refractivity contribution in [3.8, 4) is 22.5 Å². The monoisotopic (exact) mass is 524 g/mol. The molecule has 0 aliphatic carbocycles. The summed E-state index contributed by atoms with van der Waals surface area (Å²) >= 11 is 0. The molecule has 4 aromatic rings. The van der Waals surface area contributed by atoms with Crippen LogP contribution in [0.2, 0.25) is 0 Å². The minimum absolute atomic E-state index is 0.0628. The second-order valence-corrected chi connectivity index (χ2v) is 7.82. The number of hydrogen-bond donors (Lipinski definition) is 2. The Morgan fingerprint density at radius 3 is 2.51 bits per heavy atom. The zero-order valence-corrected chi connectivity index (χ0v) is 19.0. The lowest BCUT2D eigenvalue weighted by Crippen LogP contribution is -2.36. The highest BCUT2D eigenvalue weighted by Crippen LogP contribution is 2.30. The molecule has 3 heterocycles. The third-order valence-electron chi connectivity index (χ3n) is 5.02. The summed E-state index contributed by atoms with van der Waals surface area (Å²) in [7, 11) is 1.46. The highest BCUT2D eigenvalue weighted by molar-refractivity contribution is 5.90. The molecule has 0 fully saturated rings. The largest absolute Gasteiger partial charge is 0.451 e. The fourth-order valence-corrected chi connectivity index (χ4v) is 3.53. The molecule has 1 aromatic carbocycles. The van der Waals surface area contributed by atoms with Gasteiger partial charge >= 0.3 is 18.4 Å². The number of methoxy groups -OCH3 is 1. The fourth-order valence-electron chi connectivity index (χ4n) is 3.53. The topological polar surface area (TPSA) is 93.4 Å². The van der Waals surface area contributed by atoms with E-state index in [9.17, 15) is 31.1 Å². The molecule has 37 heavy (non-hydrogen) atoms. The van der Waals surface area contributed by atoms with Gasteiger partial charge in [0.2, 0.25) is 5.82 Å². The number of amides is 2. The molecule has 0 saturated heterocycles. The Kier molecular flexibility index (Phi) is 7.03. The normalized spacial score (nSPS) is 12.1. The van der Waals surface area contributed by atoms with E-state index in [-0.39, 0.29) is 18.0 Å². The van der Waals surface area contributed by atoms with E-state index < -0.39 is 30.8 Å². The summed E-state index contributed by atoms with van der Waals surface area (Å²) in [4.78, 5) is 23.1. The fraction of sp³-hybridized carbons (Fsp3) is 0.217. The van der Waals surface area contributed by atoms with Gasteiger partial charge in [0.1, 0.15) is 12.2 Å². The Morgan fingerprint density at radius 1 is 1.03 bits per heavy atom. The average molecular weight is 524 g/mol. The Labute approximate surface area is 205 Å². The van der Waals surface area contributed by atoms with Gasteiger partial charge in [0.05, 0.1) is 24.2 Å². The molecule has 14 heteroatoms. The van der Waals surface area contributed by atoms with Crippen molar-refractivity contribution in [2.24, 2.45) is 0 Å². The summed E-state index contributed by atoms with van der Waals surface area (Å²) in [6.45, 7) is -1.33. The number of alkyl halides is 6. The van der Waals surface area contributed by atoms with Crippen LogP contribution in [0.4, 0.5) is 36.8 Å². The molecule has 0 spiro atoms. The molecule has 2 amide bonds. The SMILES string of the molecule is COCc1cc(NC(=O)NCC(F)(F)F)cc(-c2cnc3cc(-c4ccnc(C(F)(F)F)n4)ccn23)c1. The van der Waals surface area contributed by atoms with Gasteiger partial charge in [-0.1, -0.05) is 0 Å². The molecular formula is C23H18F6N6O2. The molecule has 0 unspecified atom stereocenters. The van der Waals surface area contributed by atoms with Crippen LogP contribution in [-0.2, 0) is 17.5 Å². The van der Waals surface area contributed by atoms with Crippen molar-refractivity contribution in [3.05, 3.63) is 66.4 Å². The first-order valence-electron chi connectivity index (χ1n) is 10.6. The number of fused-ring (bicyclic) bond motifs is 1. The molecular weight excluding hydrogens is 506 g/mol. The average Bonchev–Trinajstić information content (AvgIpc) is 3.25. The number of benzene rings is 1. The molecule has 0 radical (unpaired) electrons. The molecule has 4 rings (SSSR count). The van der Waals surface area contributed by atoms with Crippen molar-refractivity contribution in [2.75, 3.05) is 19.0 Å². The standard InChI is InChI=1S/C23H18F6N6O2/c1-37-11-13-6-15(8-16(7-13)33-21(36)32-12-22(24,25)26)18-10-31-19-9-14(3-5-35(18)19)17-2-4-30-20(34-17)23(27,28)29/h2-10H,11-12H2,1H3,(H2,32,33,36). The number of carbonyl (C=O) groups excluding carboxylic acids is 1. The van der Waals surface area contributed by atoms with E-state index in [0.29, 0.717) is 28.0 Å². The summed E-state index contributed by atoms with van der Waals surface area (Å²) in [5.74, 6) is -1.26. The molecule has 0 aliphatic rings. The predicted octanol–water partition coefficient (Wildman–Crippen LogP) is 5.31. The second-order valence-electron chi connectivity index (χ2n) is 7.82. The van der Waals surface area contributed by atoms with Crippen LogP contribution in [-0.4, -0.2) is 45.2 Å². The Bertz CT molecular complexity index is 1430. The van der Waals surface area contributed by atoms with Crippen molar-refractivity contribution >= 4 is 17.4 Å². The highest BCUT2D eigenvalue weighted by atomic mass is 19.4. The van der Waals surface area contributed by atoms with Crippen molar-refractivity contribution in [1.29, 1.82) is 0 Å². The maximum Gasteiger partial charge on any atom is 0.451 e. The van der Waals surface area contributed by atoms with E-state index in [1.54, 1.807) is 46.2 Å². The van der Waals surface area contributed by atoms with Gasteiger partial charge in [-0.25, -0.2) is 19.7 Å². The number of nitrogens with zero attached hydrogens (tertiary/aromatic N) is 4. The lowest BCUT2D eigenvalue weighted by Gasteiger charge is -2.13. The third-order valence-corrected chi connectivity index (χ3v) is 5.02. The van der Waals surface area contributed by atoms with Gasteiger partial charge in [0.15, 0.2) is 0 Å². The van der Waals surface area contributed by atoms with Crippen LogP contribution in [0.25, 0.3) is 28.2 Å². The summed E-state index contributed by atoms with van der Waals surface area (Å²) in [6, 6.07) is 8.26. The third kappa shape index (κ3) is 6.33. The smallest absolute Gasteiger partial charge is 0.380 e. The predicted molar refractivity (Wildman–Crippen MR) is 120 cm³/mol. The molecule has 194 valence electrons. The van der Waals surface area contributed by atoms with E-state index in [1.807, 2.05) is 0 Å². The van der Waals surface area contributed by atoms with Crippen molar-refractivity contribution < 1.29 is 35.9 Å². The second kappa shape index (κ2) is 10.0. The van der Waals surface area contributed by atoms with Crippen LogP contribution >= 0.6 is 0 Å². The van der Waals surface area contributed by atoms with E-state index >= 15 is 0 Å². The molecule has 8 nitrogen and oxygen atoms in total. The summed E-state index contributed by atoms with van der Waals surface area (Å²) in [5.41, 5.74) is 2.80. The number of nitrogens with one attached hydrogen (secondary N) is 2. The van der Waals surface area contributed by atoms with Crippen molar-refractivity contribution in [2.45, 2.75) is 19.0 Å². The number of halogens is 6. The number of ether oxygens (including phenoxy) is 1. The van der Waals surface area contributed by atoms with Crippen LogP contribution in [0, 0.1) is 0 Å². The quantitative estimate of drug-likeness (QED) is 0.334. The lowest BCUT2D eigenvalue weighted by atomic mass is 10.1. The van der Waals surface area contributed by atoms with E-state index in [4.69, 9.17) is 4.74 Å². The molecule has 0 atom stereocenters. The molecule has 2 N–H and O–H groups in total.